The lowest BCUT2D eigenvalue weighted by molar-refractivity contribution is 0.385. The van der Waals surface area contributed by atoms with Crippen molar-refractivity contribution in [1.82, 2.24) is 0 Å². The minimum atomic E-state index is 0.559. The van der Waals surface area contributed by atoms with Crippen LogP contribution in [0.2, 0.25) is 0 Å². The number of hydrogen-bond acceptors (Lipinski definition) is 1. The van der Waals surface area contributed by atoms with Crippen LogP contribution in [-0.2, 0) is 0 Å². The molecule has 0 heterocycles. The fourth-order valence-electron chi connectivity index (χ4n) is 2.63. The van der Waals surface area contributed by atoms with E-state index in [1.165, 1.54) is 44.1 Å². The Bertz CT molecular complexity index is 410. The Morgan fingerprint density at radius 1 is 0.955 bits per heavy atom. The summed E-state index contributed by atoms with van der Waals surface area (Å²) in [6, 6.07) is 0. The van der Waals surface area contributed by atoms with Crippen molar-refractivity contribution in [3.8, 4) is 0 Å². The molecular weight excluding hydrogens is 268 g/mol. The summed E-state index contributed by atoms with van der Waals surface area (Å²) in [6.45, 7) is 3.69. The number of unbranched alkanes of at least 4 members (excludes halogenated alkanes) is 5. The van der Waals surface area contributed by atoms with E-state index in [4.69, 9.17) is 0 Å². The zero-order chi connectivity index (χ0) is 15.9. The highest BCUT2D eigenvalue weighted by Crippen LogP contribution is 2.20. The van der Waals surface area contributed by atoms with Gasteiger partial charge in [-0.15, -0.1) is 6.58 Å². The molecule has 1 aliphatic rings. The predicted molar refractivity (Wildman–Crippen MR) is 98.1 cm³/mol. The van der Waals surface area contributed by atoms with Crippen molar-refractivity contribution < 1.29 is 5.11 Å². The van der Waals surface area contributed by atoms with Gasteiger partial charge >= 0.3 is 0 Å². The van der Waals surface area contributed by atoms with Gasteiger partial charge in [0.2, 0.25) is 0 Å². The van der Waals surface area contributed by atoms with Crippen LogP contribution in [0.5, 0.6) is 0 Å². The highest BCUT2D eigenvalue weighted by atomic mass is 16.3. The van der Waals surface area contributed by atoms with Crippen molar-refractivity contribution in [2.75, 3.05) is 0 Å². The molecule has 0 aromatic rings. The van der Waals surface area contributed by atoms with Crippen molar-refractivity contribution in [2.45, 2.75) is 70.6 Å². The topological polar surface area (TPSA) is 20.2 Å². The lowest BCUT2D eigenvalue weighted by Gasteiger charge is -2.09. The van der Waals surface area contributed by atoms with Crippen LogP contribution in [0.3, 0.4) is 0 Å². The Balaban J connectivity index is 1.88. The van der Waals surface area contributed by atoms with Crippen LogP contribution >= 0.6 is 0 Å². The summed E-state index contributed by atoms with van der Waals surface area (Å²) in [5, 5.41) is 9.49. The summed E-state index contributed by atoms with van der Waals surface area (Å²) in [7, 11) is 0. The van der Waals surface area contributed by atoms with Gasteiger partial charge in [0.1, 0.15) is 0 Å². The monoisotopic (exact) mass is 300 g/mol. The average molecular weight is 300 g/mol. The van der Waals surface area contributed by atoms with Crippen LogP contribution in [0, 0.1) is 0 Å². The Morgan fingerprint density at radius 3 is 2.50 bits per heavy atom. The quantitative estimate of drug-likeness (QED) is 0.305. The fraction of sp³-hybridized carbons (Fsp3) is 0.524. The second-order valence-electron chi connectivity index (χ2n) is 5.96. The summed E-state index contributed by atoms with van der Waals surface area (Å²) < 4.78 is 0. The third kappa shape index (κ3) is 10.3. The number of allylic oxidation sites excluding steroid dienone is 9. The molecule has 0 amide bonds. The zero-order valence-electron chi connectivity index (χ0n) is 14.0. The molecule has 0 spiro atoms. The van der Waals surface area contributed by atoms with E-state index in [0.717, 1.165) is 32.1 Å². The largest absolute Gasteiger partial charge is 0.512 e. The van der Waals surface area contributed by atoms with E-state index in [-0.39, 0.29) is 0 Å². The van der Waals surface area contributed by atoms with E-state index in [2.05, 4.69) is 37.0 Å². The average Bonchev–Trinajstić information content (AvgIpc) is 2.52. The molecule has 1 aliphatic carbocycles. The summed E-state index contributed by atoms with van der Waals surface area (Å²) >= 11 is 0. The van der Waals surface area contributed by atoms with Crippen LogP contribution in [0.4, 0.5) is 0 Å². The molecule has 0 saturated heterocycles. The Hall–Kier alpha value is -1.50. The van der Waals surface area contributed by atoms with Gasteiger partial charge < -0.3 is 5.11 Å². The van der Waals surface area contributed by atoms with Crippen LogP contribution in [0.1, 0.15) is 70.6 Å². The highest BCUT2D eigenvalue weighted by Gasteiger charge is 2.03. The second kappa shape index (κ2) is 13.2. The Kier molecular flexibility index (Phi) is 11.1. The first-order valence-corrected chi connectivity index (χ1v) is 8.82. The molecule has 0 radical (unpaired) electrons. The molecule has 0 unspecified atom stereocenters. The molecule has 0 aliphatic heterocycles. The van der Waals surface area contributed by atoms with E-state index >= 15 is 0 Å². The number of aliphatic hydroxyl groups excluding tert-OH is 1. The van der Waals surface area contributed by atoms with E-state index in [1.54, 1.807) is 0 Å². The minimum absolute atomic E-state index is 0.559. The van der Waals surface area contributed by atoms with E-state index < -0.39 is 0 Å². The summed E-state index contributed by atoms with van der Waals surface area (Å²) in [5.41, 5.74) is 1.33. The first kappa shape index (κ1) is 18.5. The van der Waals surface area contributed by atoms with Crippen molar-refractivity contribution in [3.05, 3.63) is 60.4 Å². The van der Waals surface area contributed by atoms with Gasteiger partial charge in [-0.05, 0) is 56.6 Å². The van der Waals surface area contributed by atoms with Gasteiger partial charge in [0.05, 0.1) is 5.76 Å². The van der Waals surface area contributed by atoms with Crippen LogP contribution in [-0.4, -0.2) is 5.11 Å². The van der Waals surface area contributed by atoms with Crippen LogP contribution in [0.15, 0.2) is 60.4 Å². The van der Waals surface area contributed by atoms with Gasteiger partial charge in [-0.1, -0.05) is 55.7 Å². The summed E-state index contributed by atoms with van der Waals surface area (Å²) in [5.74, 6) is 0.559. The number of aliphatic hydroxyl groups is 1. The highest BCUT2D eigenvalue weighted by molar-refractivity contribution is 5.24. The molecule has 1 N–H and O–H groups in total. The molecule has 1 nitrogen and oxygen atoms in total. The lowest BCUT2D eigenvalue weighted by Crippen LogP contribution is -1.92. The molecule has 1 rings (SSSR count). The minimum Gasteiger partial charge on any atom is -0.512 e. The standard InChI is InChI=1S/C21H32O/c1-2-3-4-5-6-7-8-9-10-11-12-13-14-16-20-17-15-18-21(22)19-20/h2,4-5,7-8,17,19,22H,1,3,6,9-16,18H2/b5-4-,8-7-. The molecule has 122 valence electrons. The molecule has 0 fully saturated rings. The van der Waals surface area contributed by atoms with Gasteiger partial charge in [0.15, 0.2) is 0 Å². The molecular formula is C21H32O. The van der Waals surface area contributed by atoms with Crippen LogP contribution < -0.4 is 0 Å². The van der Waals surface area contributed by atoms with E-state index in [1.807, 2.05) is 12.2 Å². The Morgan fingerprint density at radius 2 is 1.68 bits per heavy atom. The second-order valence-corrected chi connectivity index (χ2v) is 5.96. The van der Waals surface area contributed by atoms with Crippen molar-refractivity contribution in [3.63, 3.8) is 0 Å². The molecule has 0 atom stereocenters. The maximum Gasteiger partial charge on any atom is 0.0928 e. The molecule has 0 saturated carbocycles. The first-order valence-electron chi connectivity index (χ1n) is 8.82. The maximum absolute atomic E-state index is 9.49. The van der Waals surface area contributed by atoms with Gasteiger partial charge in [-0.2, -0.15) is 0 Å². The van der Waals surface area contributed by atoms with Gasteiger partial charge in [0.25, 0.3) is 0 Å². The summed E-state index contributed by atoms with van der Waals surface area (Å²) in [6.07, 6.45) is 27.8. The van der Waals surface area contributed by atoms with E-state index in [9.17, 15) is 5.11 Å². The lowest BCUT2D eigenvalue weighted by atomic mass is 9.99. The van der Waals surface area contributed by atoms with Gasteiger partial charge in [0, 0.05) is 6.42 Å². The number of rotatable bonds is 12. The van der Waals surface area contributed by atoms with E-state index in [0.29, 0.717) is 5.76 Å². The molecule has 0 aromatic heterocycles. The Labute approximate surface area is 136 Å². The molecule has 22 heavy (non-hydrogen) atoms. The number of hydrogen-bond donors (Lipinski definition) is 1. The van der Waals surface area contributed by atoms with Gasteiger partial charge in [-0.3, -0.25) is 0 Å². The maximum atomic E-state index is 9.49. The third-order valence-corrected chi connectivity index (χ3v) is 3.90. The molecule has 1 heteroatoms. The summed E-state index contributed by atoms with van der Waals surface area (Å²) in [4.78, 5) is 0. The zero-order valence-corrected chi connectivity index (χ0v) is 14.0. The van der Waals surface area contributed by atoms with Crippen molar-refractivity contribution in [1.29, 1.82) is 0 Å². The van der Waals surface area contributed by atoms with Crippen molar-refractivity contribution >= 4 is 0 Å². The SMILES string of the molecule is C=CC/C=C\C/C=C\CCCCCCCC1=CCCC(O)=C1. The normalized spacial score (nSPS) is 15.3. The third-order valence-electron chi connectivity index (χ3n) is 3.90. The smallest absolute Gasteiger partial charge is 0.0928 e. The fourth-order valence-corrected chi connectivity index (χ4v) is 2.63. The predicted octanol–water partition coefficient (Wildman–Crippen LogP) is 6.96. The van der Waals surface area contributed by atoms with Gasteiger partial charge in [-0.25, -0.2) is 0 Å². The van der Waals surface area contributed by atoms with Crippen molar-refractivity contribution in [2.24, 2.45) is 0 Å². The van der Waals surface area contributed by atoms with Crippen LogP contribution in [0.25, 0.3) is 0 Å². The molecule has 0 bridgehead atoms. The molecule has 0 aromatic carbocycles. The first-order chi connectivity index (χ1) is 10.8.